The molecule has 0 unspecified atom stereocenters. The van der Waals surface area contributed by atoms with Crippen LogP contribution in [0.25, 0.3) is 0 Å². The minimum Gasteiger partial charge on any atom is -0.366 e. The fourth-order valence-electron chi connectivity index (χ4n) is 1.69. The number of halogens is 1. The van der Waals surface area contributed by atoms with Gasteiger partial charge in [-0.05, 0) is 25.5 Å². The van der Waals surface area contributed by atoms with Gasteiger partial charge in [0.05, 0.1) is 12.2 Å². The van der Waals surface area contributed by atoms with Crippen molar-refractivity contribution < 1.29 is 9.13 Å². The highest BCUT2D eigenvalue weighted by atomic mass is 19.1. The van der Waals surface area contributed by atoms with E-state index in [-0.39, 0.29) is 5.82 Å². The van der Waals surface area contributed by atoms with Crippen LogP contribution in [0.2, 0.25) is 0 Å². The van der Waals surface area contributed by atoms with Gasteiger partial charge in [0.2, 0.25) is 0 Å². The van der Waals surface area contributed by atoms with Crippen LogP contribution >= 0.6 is 0 Å². The van der Waals surface area contributed by atoms with Crippen LogP contribution in [0.15, 0.2) is 18.2 Å². The lowest BCUT2D eigenvalue weighted by Gasteiger charge is -2.18. The van der Waals surface area contributed by atoms with Crippen LogP contribution in [-0.4, -0.2) is 0 Å². The second-order valence-corrected chi connectivity index (χ2v) is 3.57. The number of hydrogen-bond acceptors (Lipinski definition) is 1. The summed E-state index contributed by atoms with van der Waals surface area (Å²) in [6.45, 7) is 8.31. The summed E-state index contributed by atoms with van der Waals surface area (Å²) < 4.78 is 18.8. The predicted molar refractivity (Wildman–Crippen MR) is 55.6 cm³/mol. The van der Waals surface area contributed by atoms with Crippen molar-refractivity contribution in [1.29, 1.82) is 0 Å². The first-order valence-corrected chi connectivity index (χ1v) is 5.03. The summed E-state index contributed by atoms with van der Waals surface area (Å²) in [7, 11) is 0. The first-order valence-electron chi connectivity index (χ1n) is 5.03. The molecule has 1 aliphatic rings. The normalized spacial score (nSPS) is 16.9. The zero-order chi connectivity index (χ0) is 10.8. The van der Waals surface area contributed by atoms with Gasteiger partial charge in [-0.1, -0.05) is 26.0 Å². The van der Waals surface area contributed by atoms with Crippen molar-refractivity contribution in [1.82, 2.24) is 0 Å². The maximum Gasteiger partial charge on any atom is 0.129 e. The minimum absolute atomic E-state index is 0.157. The molecule has 0 saturated heterocycles. The molecule has 1 aliphatic heterocycles. The maximum atomic E-state index is 13.3. The van der Waals surface area contributed by atoms with Gasteiger partial charge in [0, 0.05) is 5.56 Å². The molecule has 0 radical (unpaired) electrons. The van der Waals surface area contributed by atoms with Gasteiger partial charge in [-0.2, -0.15) is 0 Å². The van der Waals surface area contributed by atoms with Crippen LogP contribution in [-0.2, 0) is 16.9 Å². The number of ether oxygens (including phenoxy) is 1. The van der Waals surface area contributed by atoms with Gasteiger partial charge in [-0.3, -0.25) is 0 Å². The maximum absolute atomic E-state index is 13.3. The van der Waals surface area contributed by atoms with Crippen LogP contribution in [0.3, 0.4) is 0 Å². The van der Waals surface area contributed by atoms with E-state index >= 15 is 0 Å². The number of fused-ring (bicyclic) bond motifs is 1. The molecule has 0 amide bonds. The van der Waals surface area contributed by atoms with Crippen molar-refractivity contribution in [3.63, 3.8) is 0 Å². The molecular weight excluding hydrogens is 179 g/mol. The van der Waals surface area contributed by atoms with Crippen LogP contribution in [0, 0.1) is 5.82 Å². The lowest BCUT2D eigenvalue weighted by atomic mass is 9.96. The third-order valence-electron chi connectivity index (χ3n) is 2.29. The van der Waals surface area contributed by atoms with E-state index in [0.717, 1.165) is 5.56 Å². The Balaban J connectivity index is 0.000000461. The van der Waals surface area contributed by atoms with Gasteiger partial charge >= 0.3 is 0 Å². The minimum atomic E-state index is -0.458. The Bertz CT molecular complexity index is 318. The fraction of sp³-hybridized carbons (Fsp3) is 0.500. The molecule has 0 bridgehead atoms. The van der Waals surface area contributed by atoms with Gasteiger partial charge in [0.15, 0.2) is 0 Å². The summed E-state index contributed by atoms with van der Waals surface area (Å²) in [5, 5.41) is 0. The first kappa shape index (κ1) is 11.2. The Morgan fingerprint density at radius 2 is 1.93 bits per heavy atom. The van der Waals surface area contributed by atoms with Crippen LogP contribution < -0.4 is 0 Å². The molecule has 2 rings (SSSR count). The molecule has 14 heavy (non-hydrogen) atoms. The van der Waals surface area contributed by atoms with E-state index in [1.54, 1.807) is 6.07 Å². The predicted octanol–water partition coefficient (Wildman–Crippen LogP) is 3.62. The van der Waals surface area contributed by atoms with Gasteiger partial charge < -0.3 is 4.74 Å². The Kier molecular flexibility index (Phi) is 3.27. The van der Waals surface area contributed by atoms with E-state index in [1.807, 2.05) is 33.8 Å². The summed E-state index contributed by atoms with van der Waals surface area (Å²) in [6, 6.07) is 5.11. The highest BCUT2D eigenvalue weighted by molar-refractivity contribution is 5.35. The standard InChI is InChI=1S/C10H11FO.C2H6/c1-10(2)9-7(6-12-10)4-3-5-8(9)11;1-2/h3-5H,6H2,1-2H3;1-2H3. The molecule has 78 valence electrons. The Morgan fingerprint density at radius 1 is 1.29 bits per heavy atom. The number of benzene rings is 1. The Morgan fingerprint density at radius 3 is 2.50 bits per heavy atom. The van der Waals surface area contributed by atoms with Crippen molar-refractivity contribution in [2.45, 2.75) is 39.9 Å². The second-order valence-electron chi connectivity index (χ2n) is 3.57. The average Bonchev–Trinajstić information content (AvgIpc) is 2.47. The monoisotopic (exact) mass is 196 g/mol. The highest BCUT2D eigenvalue weighted by Gasteiger charge is 2.33. The zero-order valence-corrected chi connectivity index (χ0v) is 9.23. The van der Waals surface area contributed by atoms with Crippen LogP contribution in [0.1, 0.15) is 38.8 Å². The molecule has 0 fully saturated rings. The fourth-order valence-corrected chi connectivity index (χ4v) is 1.69. The van der Waals surface area contributed by atoms with Crippen LogP contribution in [0.4, 0.5) is 4.39 Å². The smallest absolute Gasteiger partial charge is 0.129 e. The van der Waals surface area contributed by atoms with Gasteiger partial charge in [0.1, 0.15) is 5.82 Å². The van der Waals surface area contributed by atoms with Crippen molar-refractivity contribution in [3.8, 4) is 0 Å². The number of rotatable bonds is 0. The summed E-state index contributed by atoms with van der Waals surface area (Å²) in [5.41, 5.74) is 1.23. The van der Waals surface area contributed by atoms with Gasteiger partial charge in [0.25, 0.3) is 0 Å². The summed E-state index contributed by atoms with van der Waals surface area (Å²) in [6.07, 6.45) is 0. The SMILES string of the molecule is CC.CC1(C)OCc2cccc(F)c21. The topological polar surface area (TPSA) is 9.23 Å². The quantitative estimate of drug-likeness (QED) is 0.615. The van der Waals surface area contributed by atoms with E-state index in [0.29, 0.717) is 12.2 Å². The molecule has 0 atom stereocenters. The second kappa shape index (κ2) is 4.09. The lowest BCUT2D eigenvalue weighted by molar-refractivity contribution is -0.00957. The van der Waals surface area contributed by atoms with E-state index < -0.39 is 5.60 Å². The molecule has 1 aromatic rings. The first-order chi connectivity index (χ1) is 6.61. The number of hydrogen-bond donors (Lipinski definition) is 0. The molecule has 0 N–H and O–H groups in total. The van der Waals surface area contributed by atoms with Gasteiger partial charge in [-0.15, -0.1) is 0 Å². The van der Waals surface area contributed by atoms with Crippen molar-refractivity contribution >= 4 is 0 Å². The van der Waals surface area contributed by atoms with E-state index in [2.05, 4.69) is 0 Å². The van der Waals surface area contributed by atoms with E-state index in [9.17, 15) is 4.39 Å². The summed E-state index contributed by atoms with van der Waals surface area (Å²) in [4.78, 5) is 0. The Hall–Kier alpha value is -0.890. The Labute approximate surface area is 84.9 Å². The van der Waals surface area contributed by atoms with Crippen LogP contribution in [0.5, 0.6) is 0 Å². The largest absolute Gasteiger partial charge is 0.366 e. The lowest BCUT2D eigenvalue weighted by Crippen LogP contribution is -2.16. The molecule has 2 heteroatoms. The van der Waals surface area contributed by atoms with Crippen molar-refractivity contribution in [3.05, 3.63) is 35.1 Å². The summed E-state index contributed by atoms with van der Waals surface area (Å²) in [5.74, 6) is -0.157. The van der Waals surface area contributed by atoms with Crippen molar-refractivity contribution in [2.75, 3.05) is 0 Å². The molecule has 0 saturated carbocycles. The molecule has 1 nitrogen and oxygen atoms in total. The summed E-state index contributed by atoms with van der Waals surface area (Å²) >= 11 is 0. The van der Waals surface area contributed by atoms with E-state index in [1.165, 1.54) is 6.07 Å². The van der Waals surface area contributed by atoms with Gasteiger partial charge in [-0.25, -0.2) is 4.39 Å². The molecular formula is C12H17FO. The third kappa shape index (κ3) is 1.80. The van der Waals surface area contributed by atoms with Crippen molar-refractivity contribution in [2.24, 2.45) is 0 Å². The molecule has 0 spiro atoms. The average molecular weight is 196 g/mol. The van der Waals surface area contributed by atoms with E-state index in [4.69, 9.17) is 4.74 Å². The molecule has 0 aromatic heterocycles. The molecule has 1 aromatic carbocycles. The third-order valence-corrected chi connectivity index (χ3v) is 2.29. The molecule has 0 aliphatic carbocycles. The highest BCUT2D eigenvalue weighted by Crippen LogP contribution is 2.37. The zero-order valence-electron chi connectivity index (χ0n) is 9.23. The molecule has 1 heterocycles.